The highest BCUT2D eigenvalue weighted by Gasteiger charge is 2.26. The fourth-order valence-electron chi connectivity index (χ4n) is 3.63. The van der Waals surface area contributed by atoms with Gasteiger partial charge in [0.1, 0.15) is 22.8 Å². The van der Waals surface area contributed by atoms with Gasteiger partial charge in [-0.3, -0.25) is 9.59 Å². The Labute approximate surface area is 155 Å². The monoisotopic (exact) mass is 364 g/mol. The zero-order chi connectivity index (χ0) is 19.3. The number of phenolic OH excluding ortho intramolecular Hbond substituents is 1. The Morgan fingerprint density at radius 1 is 1.19 bits per heavy atom. The van der Waals surface area contributed by atoms with E-state index in [0.29, 0.717) is 35.6 Å². The van der Waals surface area contributed by atoms with E-state index < -0.39 is 0 Å². The fourth-order valence-corrected chi connectivity index (χ4v) is 3.63. The van der Waals surface area contributed by atoms with Crippen LogP contribution in [0.25, 0.3) is 10.9 Å². The van der Waals surface area contributed by atoms with Gasteiger partial charge in [0.2, 0.25) is 0 Å². The summed E-state index contributed by atoms with van der Waals surface area (Å²) in [5.74, 6) is 0.395. The molecule has 7 heteroatoms. The van der Waals surface area contributed by atoms with Crippen LogP contribution in [-0.4, -0.2) is 37.4 Å². The molecule has 0 saturated carbocycles. The lowest BCUT2D eigenvalue weighted by molar-refractivity contribution is 0.0725. The quantitative estimate of drug-likeness (QED) is 0.689. The summed E-state index contributed by atoms with van der Waals surface area (Å²) in [6.07, 6.45) is 0.459. The number of nitrogens with zero attached hydrogens (tertiary/aromatic N) is 3. The highest BCUT2D eigenvalue weighted by Crippen LogP contribution is 2.30. The Hall–Kier alpha value is -3.22. The Morgan fingerprint density at radius 3 is 2.74 bits per heavy atom. The number of amides is 1. The van der Waals surface area contributed by atoms with Crippen molar-refractivity contribution in [2.24, 2.45) is 0 Å². The van der Waals surface area contributed by atoms with Crippen LogP contribution < -0.4 is 5.56 Å². The van der Waals surface area contributed by atoms with Crippen molar-refractivity contribution in [3.8, 4) is 5.75 Å². The van der Waals surface area contributed by atoms with Gasteiger partial charge in [-0.05, 0) is 44.4 Å². The van der Waals surface area contributed by atoms with E-state index in [1.807, 2.05) is 26.0 Å². The van der Waals surface area contributed by atoms with Crippen LogP contribution in [0, 0.1) is 20.8 Å². The zero-order valence-corrected chi connectivity index (χ0v) is 15.5. The lowest BCUT2D eigenvalue weighted by Gasteiger charge is -2.27. The van der Waals surface area contributed by atoms with E-state index in [9.17, 15) is 14.7 Å². The Kier molecular flexibility index (Phi) is 3.95. The molecule has 0 aliphatic carbocycles. The van der Waals surface area contributed by atoms with Crippen molar-refractivity contribution in [2.45, 2.75) is 33.7 Å². The molecule has 4 rings (SSSR count). The van der Waals surface area contributed by atoms with Crippen molar-refractivity contribution < 1.29 is 9.90 Å². The van der Waals surface area contributed by atoms with Gasteiger partial charge >= 0.3 is 0 Å². The molecule has 0 fully saturated rings. The Morgan fingerprint density at radius 2 is 1.96 bits per heavy atom. The van der Waals surface area contributed by atoms with Crippen LogP contribution in [-0.2, 0) is 13.0 Å². The molecule has 0 unspecified atom stereocenters. The van der Waals surface area contributed by atoms with E-state index in [1.165, 1.54) is 0 Å². The van der Waals surface area contributed by atoms with Gasteiger partial charge in [0.15, 0.2) is 0 Å². The van der Waals surface area contributed by atoms with Gasteiger partial charge in [0, 0.05) is 17.5 Å². The van der Waals surface area contributed by atoms with Crippen LogP contribution in [0.5, 0.6) is 5.75 Å². The molecule has 3 heterocycles. The number of hydrogen-bond acceptors (Lipinski definition) is 5. The van der Waals surface area contributed by atoms with E-state index in [0.717, 1.165) is 16.5 Å². The van der Waals surface area contributed by atoms with Crippen molar-refractivity contribution >= 4 is 16.8 Å². The number of pyridine rings is 1. The van der Waals surface area contributed by atoms with E-state index >= 15 is 0 Å². The molecule has 3 aromatic rings. The molecule has 1 aromatic carbocycles. The summed E-state index contributed by atoms with van der Waals surface area (Å²) in [4.78, 5) is 38.2. The maximum absolute atomic E-state index is 13.0. The fraction of sp³-hybridized carbons (Fsp3) is 0.300. The number of fused-ring (bicyclic) bond motifs is 2. The summed E-state index contributed by atoms with van der Waals surface area (Å²) in [5, 5.41) is 11.2. The van der Waals surface area contributed by atoms with Crippen molar-refractivity contribution in [1.82, 2.24) is 19.9 Å². The molecular weight excluding hydrogens is 344 g/mol. The molecule has 27 heavy (non-hydrogen) atoms. The molecule has 0 radical (unpaired) electrons. The summed E-state index contributed by atoms with van der Waals surface area (Å²) >= 11 is 0. The first-order chi connectivity index (χ1) is 12.8. The number of rotatable bonds is 1. The first-order valence-corrected chi connectivity index (χ1v) is 8.83. The number of phenols is 1. The van der Waals surface area contributed by atoms with E-state index in [4.69, 9.17) is 0 Å². The molecule has 0 spiro atoms. The highest BCUT2D eigenvalue weighted by molar-refractivity contribution is 5.97. The minimum absolute atomic E-state index is 0.0954. The van der Waals surface area contributed by atoms with Gasteiger partial charge in [-0.1, -0.05) is 12.1 Å². The summed E-state index contributed by atoms with van der Waals surface area (Å²) in [7, 11) is 0. The number of aromatic nitrogens is 3. The highest BCUT2D eigenvalue weighted by atomic mass is 16.3. The Balaban J connectivity index is 1.71. The molecule has 1 aliphatic rings. The molecule has 1 aliphatic heterocycles. The van der Waals surface area contributed by atoms with Gasteiger partial charge in [-0.25, -0.2) is 9.97 Å². The summed E-state index contributed by atoms with van der Waals surface area (Å²) in [5.41, 5.74) is 3.56. The summed E-state index contributed by atoms with van der Waals surface area (Å²) in [6, 6.07) is 5.39. The number of aryl methyl sites for hydroxylation is 3. The van der Waals surface area contributed by atoms with Crippen LogP contribution in [0.2, 0.25) is 0 Å². The zero-order valence-electron chi connectivity index (χ0n) is 15.5. The molecule has 0 saturated heterocycles. The first kappa shape index (κ1) is 17.2. The summed E-state index contributed by atoms with van der Waals surface area (Å²) in [6.45, 7) is 6.19. The predicted octanol–water partition coefficient (Wildman–Crippen LogP) is 2.15. The predicted molar refractivity (Wildman–Crippen MR) is 101 cm³/mol. The number of carbonyl (C=O) groups excluding carboxylic acids is 1. The van der Waals surface area contributed by atoms with Crippen molar-refractivity contribution in [2.75, 3.05) is 6.54 Å². The van der Waals surface area contributed by atoms with Crippen LogP contribution >= 0.6 is 0 Å². The molecule has 7 nitrogen and oxygen atoms in total. The normalized spacial score (nSPS) is 13.7. The lowest BCUT2D eigenvalue weighted by atomic mass is 10.0. The topological polar surface area (TPSA) is 99.2 Å². The van der Waals surface area contributed by atoms with Crippen molar-refractivity contribution in [3.63, 3.8) is 0 Å². The molecular formula is C20H20N4O3. The van der Waals surface area contributed by atoms with Crippen molar-refractivity contribution in [1.29, 1.82) is 0 Å². The smallest absolute Gasteiger partial charge is 0.272 e. The van der Waals surface area contributed by atoms with Gasteiger partial charge in [-0.2, -0.15) is 0 Å². The van der Waals surface area contributed by atoms with Crippen LogP contribution in [0.4, 0.5) is 0 Å². The van der Waals surface area contributed by atoms with Gasteiger partial charge in [-0.15, -0.1) is 0 Å². The second-order valence-electron chi connectivity index (χ2n) is 7.00. The van der Waals surface area contributed by atoms with Gasteiger partial charge < -0.3 is 15.0 Å². The molecule has 2 N–H and O–H groups in total. The standard InChI is InChI=1S/C20H20N4O3/c1-10-8-11(2)18(25)17-13(10)4-5-15(23-17)20(27)24-7-6-14-16(9-24)21-12(3)22-19(14)26/h4-5,8,25H,6-7,9H2,1-3H3,(H,21,22,26). The SMILES string of the molecule is Cc1nc2c(c(=O)[nH]1)CCN(C(=O)c1ccc3c(C)cc(C)c(O)c3n1)C2. The first-order valence-electron chi connectivity index (χ1n) is 8.83. The Bertz CT molecular complexity index is 1150. The van der Waals surface area contributed by atoms with Gasteiger partial charge in [0.25, 0.3) is 11.5 Å². The number of H-pyrrole nitrogens is 1. The average Bonchev–Trinajstić information content (AvgIpc) is 2.64. The minimum atomic E-state index is -0.235. The number of aromatic amines is 1. The maximum atomic E-state index is 13.0. The van der Waals surface area contributed by atoms with E-state index in [-0.39, 0.29) is 29.5 Å². The molecule has 0 atom stereocenters. The van der Waals surface area contributed by atoms with Crippen LogP contribution in [0.1, 0.15) is 38.7 Å². The number of carbonyl (C=O) groups is 1. The second-order valence-corrected chi connectivity index (χ2v) is 7.00. The third-order valence-corrected chi connectivity index (χ3v) is 5.05. The average molecular weight is 364 g/mol. The molecule has 2 aromatic heterocycles. The van der Waals surface area contributed by atoms with E-state index in [2.05, 4.69) is 15.0 Å². The third-order valence-electron chi connectivity index (χ3n) is 5.05. The number of hydrogen-bond donors (Lipinski definition) is 2. The molecule has 0 bridgehead atoms. The summed E-state index contributed by atoms with van der Waals surface area (Å²) < 4.78 is 0. The van der Waals surface area contributed by atoms with E-state index in [1.54, 1.807) is 17.9 Å². The maximum Gasteiger partial charge on any atom is 0.272 e. The number of aromatic hydroxyl groups is 1. The molecule has 138 valence electrons. The van der Waals surface area contributed by atoms with Crippen molar-refractivity contribution in [3.05, 3.63) is 62.5 Å². The lowest BCUT2D eigenvalue weighted by Crippen LogP contribution is -2.39. The number of nitrogens with one attached hydrogen (secondary N) is 1. The second kappa shape index (κ2) is 6.19. The largest absolute Gasteiger partial charge is 0.505 e. The van der Waals surface area contributed by atoms with Gasteiger partial charge in [0.05, 0.1) is 12.2 Å². The third kappa shape index (κ3) is 2.85. The minimum Gasteiger partial charge on any atom is -0.505 e. The number of benzene rings is 1. The molecule has 1 amide bonds. The van der Waals surface area contributed by atoms with Crippen LogP contribution in [0.3, 0.4) is 0 Å². The van der Waals surface area contributed by atoms with Crippen LogP contribution in [0.15, 0.2) is 23.0 Å².